The van der Waals surface area contributed by atoms with E-state index >= 15 is 0 Å². The zero-order chi connectivity index (χ0) is 12.5. The largest absolute Gasteiger partial charge is 0.490 e. The third kappa shape index (κ3) is 4.65. The van der Waals surface area contributed by atoms with Gasteiger partial charge in [-0.3, -0.25) is 0 Å². The molecule has 1 rings (SSSR count). The number of rotatable bonds is 8. The van der Waals surface area contributed by atoms with Gasteiger partial charge < -0.3 is 15.2 Å². The monoisotopic (exact) mass is 237 g/mol. The Kier molecular flexibility index (Phi) is 6.48. The molecule has 1 atom stereocenters. The molecule has 0 aliphatic carbocycles. The van der Waals surface area contributed by atoms with E-state index in [4.69, 9.17) is 15.2 Å². The first kappa shape index (κ1) is 13.8. The van der Waals surface area contributed by atoms with Crippen LogP contribution in [0, 0.1) is 0 Å². The molecule has 96 valence electrons. The fourth-order valence-corrected chi connectivity index (χ4v) is 1.61. The van der Waals surface area contributed by atoms with Gasteiger partial charge in [0.2, 0.25) is 0 Å². The second-order valence-corrected chi connectivity index (χ2v) is 4.06. The molecule has 0 heterocycles. The Labute approximate surface area is 104 Å². The summed E-state index contributed by atoms with van der Waals surface area (Å²) in [5, 5.41) is 0. The fourth-order valence-electron chi connectivity index (χ4n) is 1.61. The molecule has 17 heavy (non-hydrogen) atoms. The minimum absolute atomic E-state index is 0.0753. The van der Waals surface area contributed by atoms with Crippen LogP contribution < -0.4 is 15.2 Å². The first-order valence-corrected chi connectivity index (χ1v) is 6.40. The number of hydrogen-bond donors (Lipinski definition) is 1. The van der Waals surface area contributed by atoms with Crippen molar-refractivity contribution in [2.75, 3.05) is 13.2 Å². The van der Waals surface area contributed by atoms with Crippen LogP contribution in [0.5, 0.6) is 11.5 Å². The van der Waals surface area contributed by atoms with Gasteiger partial charge in [-0.2, -0.15) is 0 Å². The number of hydrogen-bond acceptors (Lipinski definition) is 3. The maximum atomic E-state index is 5.88. The highest BCUT2D eigenvalue weighted by molar-refractivity contribution is 5.39. The average molecular weight is 237 g/mol. The van der Waals surface area contributed by atoms with E-state index in [0.717, 1.165) is 30.8 Å². The molecule has 0 aliphatic rings. The summed E-state index contributed by atoms with van der Waals surface area (Å²) in [5.74, 6) is 1.61. The van der Waals surface area contributed by atoms with Crippen LogP contribution in [0.25, 0.3) is 0 Å². The van der Waals surface area contributed by atoms with Crippen molar-refractivity contribution < 1.29 is 9.47 Å². The molecule has 0 radical (unpaired) electrons. The van der Waals surface area contributed by atoms with Gasteiger partial charge in [-0.25, -0.2) is 0 Å². The zero-order valence-electron chi connectivity index (χ0n) is 10.8. The van der Waals surface area contributed by atoms with Crippen LogP contribution in [0.2, 0.25) is 0 Å². The van der Waals surface area contributed by atoms with E-state index in [9.17, 15) is 0 Å². The molecule has 3 nitrogen and oxygen atoms in total. The molecule has 1 aromatic carbocycles. The molecule has 1 unspecified atom stereocenters. The highest BCUT2D eigenvalue weighted by atomic mass is 16.5. The van der Waals surface area contributed by atoms with Crippen molar-refractivity contribution in [2.24, 2.45) is 5.73 Å². The van der Waals surface area contributed by atoms with Gasteiger partial charge in [-0.05, 0) is 25.0 Å². The van der Waals surface area contributed by atoms with Crippen molar-refractivity contribution in [1.82, 2.24) is 0 Å². The summed E-state index contributed by atoms with van der Waals surface area (Å²) >= 11 is 0. The molecule has 0 bridgehead atoms. The molecule has 3 heteroatoms. The third-order valence-corrected chi connectivity index (χ3v) is 2.48. The molecular formula is C14H23NO2. The Morgan fingerprint density at radius 2 is 1.82 bits per heavy atom. The normalized spacial score (nSPS) is 12.2. The number of nitrogens with two attached hydrogens (primary N) is 1. The third-order valence-electron chi connectivity index (χ3n) is 2.48. The minimum atomic E-state index is 0.0753. The van der Waals surface area contributed by atoms with Crippen molar-refractivity contribution in [3.05, 3.63) is 24.3 Å². The first-order valence-electron chi connectivity index (χ1n) is 6.40. The van der Waals surface area contributed by atoms with E-state index < -0.39 is 0 Å². The molecule has 0 aliphatic heterocycles. The Bertz CT molecular complexity index is 315. The van der Waals surface area contributed by atoms with E-state index in [-0.39, 0.29) is 6.10 Å². The molecule has 0 saturated heterocycles. The molecule has 2 N–H and O–H groups in total. The SMILES string of the molecule is CCCOc1ccccc1OC(CN)CCC. The van der Waals surface area contributed by atoms with E-state index in [0.29, 0.717) is 13.2 Å². The summed E-state index contributed by atoms with van der Waals surface area (Å²) in [7, 11) is 0. The molecule has 0 spiro atoms. The summed E-state index contributed by atoms with van der Waals surface area (Å²) in [5.41, 5.74) is 5.69. The van der Waals surface area contributed by atoms with Crippen molar-refractivity contribution in [3.63, 3.8) is 0 Å². The van der Waals surface area contributed by atoms with Gasteiger partial charge in [-0.1, -0.05) is 32.4 Å². The summed E-state index contributed by atoms with van der Waals surface area (Å²) < 4.78 is 11.5. The van der Waals surface area contributed by atoms with Gasteiger partial charge in [0.05, 0.1) is 6.61 Å². The molecule has 0 amide bonds. The molecular weight excluding hydrogens is 214 g/mol. The Hall–Kier alpha value is -1.22. The summed E-state index contributed by atoms with van der Waals surface area (Å²) in [6.45, 7) is 5.46. The lowest BCUT2D eigenvalue weighted by Gasteiger charge is -2.19. The van der Waals surface area contributed by atoms with Crippen LogP contribution in [0.15, 0.2) is 24.3 Å². The maximum absolute atomic E-state index is 5.88. The Morgan fingerprint density at radius 1 is 1.12 bits per heavy atom. The van der Waals surface area contributed by atoms with E-state index in [2.05, 4.69) is 13.8 Å². The van der Waals surface area contributed by atoms with E-state index in [1.807, 2.05) is 24.3 Å². The lowest BCUT2D eigenvalue weighted by Crippen LogP contribution is -2.26. The van der Waals surface area contributed by atoms with Crippen molar-refractivity contribution >= 4 is 0 Å². The highest BCUT2D eigenvalue weighted by Crippen LogP contribution is 2.28. The molecule has 0 saturated carbocycles. The van der Waals surface area contributed by atoms with Gasteiger partial charge in [0.1, 0.15) is 6.10 Å². The molecule has 0 aromatic heterocycles. The first-order chi connectivity index (χ1) is 8.31. The summed E-state index contributed by atoms with van der Waals surface area (Å²) in [6, 6.07) is 7.77. The van der Waals surface area contributed by atoms with Crippen LogP contribution in [0.3, 0.4) is 0 Å². The summed E-state index contributed by atoms with van der Waals surface area (Å²) in [4.78, 5) is 0. The van der Waals surface area contributed by atoms with Gasteiger partial charge in [0, 0.05) is 6.54 Å². The van der Waals surface area contributed by atoms with Crippen LogP contribution in [-0.2, 0) is 0 Å². The highest BCUT2D eigenvalue weighted by Gasteiger charge is 2.10. The topological polar surface area (TPSA) is 44.5 Å². The molecule has 1 aromatic rings. The predicted molar refractivity (Wildman–Crippen MR) is 70.6 cm³/mol. The van der Waals surface area contributed by atoms with E-state index in [1.165, 1.54) is 0 Å². The smallest absolute Gasteiger partial charge is 0.161 e. The van der Waals surface area contributed by atoms with Gasteiger partial charge in [0.15, 0.2) is 11.5 Å². The fraction of sp³-hybridized carbons (Fsp3) is 0.571. The van der Waals surface area contributed by atoms with Gasteiger partial charge >= 0.3 is 0 Å². The predicted octanol–water partition coefficient (Wildman–Crippen LogP) is 2.98. The Balaban J connectivity index is 2.67. The van der Waals surface area contributed by atoms with Gasteiger partial charge in [-0.15, -0.1) is 0 Å². The number of ether oxygens (including phenoxy) is 2. The van der Waals surface area contributed by atoms with Crippen molar-refractivity contribution in [2.45, 2.75) is 39.2 Å². The number of para-hydroxylation sites is 2. The van der Waals surface area contributed by atoms with Gasteiger partial charge in [0.25, 0.3) is 0 Å². The second kappa shape index (κ2) is 7.96. The molecule has 0 fully saturated rings. The number of benzene rings is 1. The van der Waals surface area contributed by atoms with Crippen LogP contribution in [0.1, 0.15) is 33.1 Å². The van der Waals surface area contributed by atoms with Crippen molar-refractivity contribution in [3.8, 4) is 11.5 Å². The summed E-state index contributed by atoms with van der Waals surface area (Å²) in [6.07, 6.45) is 3.11. The van der Waals surface area contributed by atoms with E-state index in [1.54, 1.807) is 0 Å². The van der Waals surface area contributed by atoms with Crippen LogP contribution in [0.4, 0.5) is 0 Å². The average Bonchev–Trinajstić information content (AvgIpc) is 2.37. The Morgan fingerprint density at radius 3 is 2.41 bits per heavy atom. The van der Waals surface area contributed by atoms with Crippen LogP contribution >= 0.6 is 0 Å². The standard InChI is InChI=1S/C14H23NO2/c1-3-7-12(11-15)17-14-9-6-5-8-13(14)16-10-4-2/h5-6,8-9,12H,3-4,7,10-11,15H2,1-2H3. The van der Waals surface area contributed by atoms with Crippen molar-refractivity contribution in [1.29, 1.82) is 0 Å². The quantitative estimate of drug-likeness (QED) is 0.756. The second-order valence-electron chi connectivity index (χ2n) is 4.06. The minimum Gasteiger partial charge on any atom is -0.490 e. The lowest BCUT2D eigenvalue weighted by molar-refractivity contribution is 0.185. The van der Waals surface area contributed by atoms with Crippen LogP contribution in [-0.4, -0.2) is 19.3 Å². The lowest BCUT2D eigenvalue weighted by atomic mass is 10.2. The maximum Gasteiger partial charge on any atom is 0.161 e. The zero-order valence-corrected chi connectivity index (χ0v) is 10.8.